The van der Waals surface area contributed by atoms with E-state index in [9.17, 15) is 4.79 Å². The van der Waals surface area contributed by atoms with Gasteiger partial charge in [0, 0.05) is 18.5 Å². The Morgan fingerprint density at radius 3 is 2.53 bits per heavy atom. The summed E-state index contributed by atoms with van der Waals surface area (Å²) in [5.41, 5.74) is 0.680. The van der Waals surface area contributed by atoms with Crippen molar-refractivity contribution in [1.82, 2.24) is 4.90 Å². The second-order valence-corrected chi connectivity index (χ2v) is 4.16. The lowest BCUT2D eigenvalue weighted by Gasteiger charge is -2.17. The lowest BCUT2D eigenvalue weighted by molar-refractivity contribution is 0.0935. The minimum absolute atomic E-state index is 0.0721. The van der Waals surface area contributed by atoms with Gasteiger partial charge in [0.1, 0.15) is 5.75 Å². The van der Waals surface area contributed by atoms with Crippen LogP contribution in [0.15, 0.2) is 24.3 Å². The van der Waals surface area contributed by atoms with Crippen LogP contribution in [0.25, 0.3) is 0 Å². The number of nitrogens with zero attached hydrogens (tertiary/aromatic N) is 2. The van der Waals surface area contributed by atoms with E-state index in [0.29, 0.717) is 31.7 Å². The van der Waals surface area contributed by atoms with Crippen molar-refractivity contribution in [3.63, 3.8) is 0 Å². The molecule has 19 heavy (non-hydrogen) atoms. The smallest absolute Gasteiger partial charge is 0.176 e. The number of likely N-dealkylation sites (N-methyl/N-ethyl adjacent to an activating group) is 1. The van der Waals surface area contributed by atoms with Gasteiger partial charge in [-0.05, 0) is 37.7 Å². The molecule has 0 fully saturated rings. The summed E-state index contributed by atoms with van der Waals surface area (Å²) < 4.78 is 5.34. The lowest BCUT2D eigenvalue weighted by atomic mass is 10.1. The summed E-state index contributed by atoms with van der Waals surface area (Å²) in [4.78, 5) is 14.1. The van der Waals surface area contributed by atoms with E-state index in [1.807, 2.05) is 30.9 Å². The second-order valence-electron chi connectivity index (χ2n) is 4.16. The van der Waals surface area contributed by atoms with Crippen LogP contribution in [0.3, 0.4) is 0 Å². The summed E-state index contributed by atoms with van der Waals surface area (Å²) in [6.45, 7) is 6.29. The summed E-state index contributed by atoms with van der Waals surface area (Å²) in [5, 5.41) is 8.57. The number of rotatable bonds is 8. The van der Waals surface area contributed by atoms with Gasteiger partial charge in [-0.15, -0.1) is 0 Å². The molecule has 102 valence electrons. The van der Waals surface area contributed by atoms with Crippen LogP contribution in [-0.2, 0) is 0 Å². The molecule has 0 aliphatic carbocycles. The fourth-order valence-electron chi connectivity index (χ4n) is 1.76. The Morgan fingerprint density at radius 2 is 2.00 bits per heavy atom. The average Bonchev–Trinajstić information content (AvgIpc) is 2.44. The predicted octanol–water partition coefficient (Wildman–Crippen LogP) is 2.50. The summed E-state index contributed by atoms with van der Waals surface area (Å²) in [5.74, 6) is 0.846. The van der Waals surface area contributed by atoms with Crippen molar-refractivity contribution >= 4 is 5.78 Å². The minimum Gasteiger partial charge on any atom is -0.494 e. The Bertz CT molecular complexity index is 434. The maximum absolute atomic E-state index is 12.1. The fourth-order valence-corrected chi connectivity index (χ4v) is 1.76. The molecule has 0 aliphatic rings. The number of hydrogen-bond donors (Lipinski definition) is 0. The molecule has 0 saturated carbocycles. The molecule has 0 saturated heterocycles. The number of ketones is 1. The van der Waals surface area contributed by atoms with Crippen molar-refractivity contribution < 1.29 is 9.53 Å². The molecular weight excluding hydrogens is 240 g/mol. The highest BCUT2D eigenvalue weighted by Gasteiger charge is 2.11. The zero-order chi connectivity index (χ0) is 14.1. The first-order valence-corrected chi connectivity index (χ1v) is 6.56. The van der Waals surface area contributed by atoms with Crippen molar-refractivity contribution in [2.45, 2.75) is 20.3 Å². The van der Waals surface area contributed by atoms with E-state index in [0.717, 1.165) is 12.3 Å². The Hall–Kier alpha value is -1.86. The van der Waals surface area contributed by atoms with E-state index in [2.05, 4.69) is 6.07 Å². The molecule has 0 amide bonds. The number of Topliss-reactive ketones (excluding diaryl/α,β-unsaturated/α-hetero) is 1. The molecule has 0 unspecified atom stereocenters. The van der Waals surface area contributed by atoms with Crippen LogP contribution < -0.4 is 4.74 Å². The molecule has 0 N–H and O–H groups in total. The first-order valence-electron chi connectivity index (χ1n) is 6.56. The zero-order valence-corrected chi connectivity index (χ0v) is 11.6. The first-order chi connectivity index (χ1) is 9.21. The number of benzene rings is 1. The maximum Gasteiger partial charge on any atom is 0.176 e. The van der Waals surface area contributed by atoms with Gasteiger partial charge in [-0.1, -0.05) is 6.92 Å². The Morgan fingerprint density at radius 1 is 1.32 bits per heavy atom. The maximum atomic E-state index is 12.1. The number of hydrogen-bond acceptors (Lipinski definition) is 4. The van der Waals surface area contributed by atoms with Gasteiger partial charge < -0.3 is 4.74 Å². The summed E-state index contributed by atoms with van der Waals surface area (Å²) >= 11 is 0. The van der Waals surface area contributed by atoms with Crippen molar-refractivity contribution in [3.8, 4) is 11.8 Å². The molecule has 0 heterocycles. The highest BCUT2D eigenvalue weighted by molar-refractivity contribution is 5.97. The predicted molar refractivity (Wildman–Crippen MR) is 74.3 cm³/mol. The molecule has 0 radical (unpaired) electrons. The third-order valence-electron chi connectivity index (χ3n) is 2.84. The molecule has 1 aromatic rings. The quantitative estimate of drug-likeness (QED) is 0.674. The van der Waals surface area contributed by atoms with E-state index in [4.69, 9.17) is 10.00 Å². The minimum atomic E-state index is 0.0721. The van der Waals surface area contributed by atoms with Gasteiger partial charge >= 0.3 is 0 Å². The Balaban J connectivity index is 2.59. The third kappa shape index (κ3) is 5.11. The average molecular weight is 260 g/mol. The molecule has 0 atom stereocenters. The first kappa shape index (κ1) is 15.2. The molecular formula is C15H20N2O2. The molecule has 0 spiro atoms. The summed E-state index contributed by atoms with van der Waals surface area (Å²) in [6, 6.07) is 9.28. The molecule has 0 bridgehead atoms. The number of carbonyl (C=O) groups is 1. The van der Waals surface area contributed by atoms with Crippen LogP contribution in [0, 0.1) is 11.3 Å². The zero-order valence-electron chi connectivity index (χ0n) is 11.6. The van der Waals surface area contributed by atoms with Crippen LogP contribution in [0.1, 0.15) is 30.6 Å². The monoisotopic (exact) mass is 260 g/mol. The molecule has 4 nitrogen and oxygen atoms in total. The standard InChI is InChI=1S/C15H20N2O2/c1-3-17(11-5-10-16)12-15(18)13-6-8-14(9-7-13)19-4-2/h6-9H,3-5,11-12H2,1-2H3. The van der Waals surface area contributed by atoms with E-state index < -0.39 is 0 Å². The van der Waals surface area contributed by atoms with Gasteiger partial charge in [0.15, 0.2) is 5.78 Å². The van der Waals surface area contributed by atoms with E-state index in [1.54, 1.807) is 12.1 Å². The molecule has 1 aromatic carbocycles. The van der Waals surface area contributed by atoms with Crippen LogP contribution in [0.2, 0.25) is 0 Å². The molecule has 0 aromatic heterocycles. The van der Waals surface area contributed by atoms with Gasteiger partial charge in [-0.2, -0.15) is 5.26 Å². The molecule has 4 heteroatoms. The topological polar surface area (TPSA) is 53.3 Å². The van der Waals surface area contributed by atoms with Crippen molar-refractivity contribution in [1.29, 1.82) is 5.26 Å². The SMILES string of the molecule is CCOc1ccc(C(=O)CN(CC)CCC#N)cc1. The van der Waals surface area contributed by atoms with Gasteiger partial charge in [-0.3, -0.25) is 9.69 Å². The largest absolute Gasteiger partial charge is 0.494 e. The van der Waals surface area contributed by atoms with Crippen molar-refractivity contribution in [3.05, 3.63) is 29.8 Å². The molecule has 0 aliphatic heterocycles. The number of carbonyl (C=O) groups excluding carboxylic acids is 1. The lowest BCUT2D eigenvalue weighted by Crippen LogP contribution is -2.30. The van der Waals surface area contributed by atoms with E-state index >= 15 is 0 Å². The van der Waals surface area contributed by atoms with Gasteiger partial charge in [0.05, 0.1) is 19.2 Å². The van der Waals surface area contributed by atoms with E-state index in [-0.39, 0.29) is 5.78 Å². The van der Waals surface area contributed by atoms with Crippen LogP contribution in [-0.4, -0.2) is 36.9 Å². The van der Waals surface area contributed by atoms with Gasteiger partial charge in [-0.25, -0.2) is 0 Å². The fraction of sp³-hybridized carbons (Fsp3) is 0.467. The van der Waals surface area contributed by atoms with Gasteiger partial charge in [0.25, 0.3) is 0 Å². The summed E-state index contributed by atoms with van der Waals surface area (Å²) in [7, 11) is 0. The number of nitriles is 1. The summed E-state index contributed by atoms with van der Waals surface area (Å²) in [6.07, 6.45) is 0.449. The normalized spacial score (nSPS) is 10.2. The third-order valence-corrected chi connectivity index (χ3v) is 2.84. The highest BCUT2D eigenvalue weighted by Crippen LogP contribution is 2.12. The highest BCUT2D eigenvalue weighted by atomic mass is 16.5. The Labute approximate surface area is 114 Å². The Kier molecular flexibility index (Phi) is 6.62. The van der Waals surface area contributed by atoms with Crippen LogP contribution in [0.4, 0.5) is 0 Å². The second kappa shape index (κ2) is 8.28. The van der Waals surface area contributed by atoms with E-state index in [1.165, 1.54) is 0 Å². The van der Waals surface area contributed by atoms with Crippen LogP contribution >= 0.6 is 0 Å². The number of ether oxygens (including phenoxy) is 1. The molecule has 1 rings (SSSR count). The van der Waals surface area contributed by atoms with Crippen molar-refractivity contribution in [2.24, 2.45) is 0 Å². The van der Waals surface area contributed by atoms with Gasteiger partial charge in [0.2, 0.25) is 0 Å². The van der Waals surface area contributed by atoms with Crippen LogP contribution in [0.5, 0.6) is 5.75 Å². The van der Waals surface area contributed by atoms with Crippen molar-refractivity contribution in [2.75, 3.05) is 26.2 Å².